The summed E-state index contributed by atoms with van der Waals surface area (Å²) in [6.45, 7) is 2.04. The average molecular weight is 252 g/mol. The first-order chi connectivity index (χ1) is 8.67. The second kappa shape index (κ2) is 7.16. The number of nitrogens with zero attached hydrogens (tertiary/aromatic N) is 1. The summed E-state index contributed by atoms with van der Waals surface area (Å²) in [6, 6.07) is 5.48. The van der Waals surface area contributed by atoms with Crippen LogP contribution in [0.3, 0.4) is 0 Å². The highest BCUT2D eigenvalue weighted by Gasteiger charge is 2.11. The number of ether oxygens (including phenoxy) is 1. The van der Waals surface area contributed by atoms with E-state index < -0.39 is 17.5 Å². The van der Waals surface area contributed by atoms with Crippen LogP contribution in [-0.4, -0.2) is 24.6 Å². The van der Waals surface area contributed by atoms with Gasteiger partial charge in [-0.2, -0.15) is 5.10 Å². The van der Waals surface area contributed by atoms with Gasteiger partial charge in [0.05, 0.1) is 12.3 Å². The van der Waals surface area contributed by atoms with Gasteiger partial charge in [-0.3, -0.25) is 10.2 Å². The fraction of sp³-hybridized carbons (Fsp3) is 0.250. The molecule has 0 fully saturated rings. The Morgan fingerprint density at radius 1 is 1.56 bits per heavy atom. The van der Waals surface area contributed by atoms with Gasteiger partial charge < -0.3 is 4.74 Å². The molecule has 0 aromatic heterocycles. The number of hydrazone groups is 1. The molecule has 0 atom stereocenters. The maximum absolute atomic E-state index is 12.8. The Hall–Kier alpha value is -2.24. The van der Waals surface area contributed by atoms with E-state index in [4.69, 9.17) is 4.74 Å². The largest absolute Gasteiger partial charge is 0.461 e. The second-order valence-corrected chi connectivity index (χ2v) is 3.37. The first kappa shape index (κ1) is 13.8. The first-order valence-electron chi connectivity index (χ1n) is 5.39. The molecule has 1 rings (SSSR count). The summed E-state index contributed by atoms with van der Waals surface area (Å²) in [4.78, 5) is 22.0. The third kappa shape index (κ3) is 4.32. The van der Waals surface area contributed by atoms with E-state index in [9.17, 15) is 14.0 Å². The summed E-state index contributed by atoms with van der Waals surface area (Å²) < 4.78 is 17.6. The third-order valence-electron chi connectivity index (χ3n) is 1.89. The lowest BCUT2D eigenvalue weighted by Crippen LogP contribution is -2.20. The minimum atomic E-state index is -0.809. The molecule has 1 N–H and O–H groups in total. The lowest BCUT2D eigenvalue weighted by atomic mass is 10.3. The van der Waals surface area contributed by atoms with Crippen LogP contribution in [-0.2, 0) is 14.3 Å². The molecule has 0 heterocycles. The summed E-state index contributed by atoms with van der Waals surface area (Å²) >= 11 is 0. The SMILES string of the molecule is CCCOC(=O)/C(C=O)=N/Nc1cccc(F)c1. The van der Waals surface area contributed by atoms with Gasteiger partial charge in [0.15, 0.2) is 6.29 Å². The smallest absolute Gasteiger partial charge is 0.362 e. The highest BCUT2D eigenvalue weighted by atomic mass is 19.1. The van der Waals surface area contributed by atoms with Crippen LogP contribution >= 0.6 is 0 Å². The van der Waals surface area contributed by atoms with Crippen LogP contribution < -0.4 is 5.43 Å². The minimum absolute atomic E-state index is 0.214. The lowest BCUT2D eigenvalue weighted by molar-refractivity contribution is -0.135. The molecule has 0 unspecified atom stereocenters. The Bertz CT molecular complexity index is 460. The number of carbonyl (C=O) groups is 2. The Morgan fingerprint density at radius 2 is 2.33 bits per heavy atom. The van der Waals surface area contributed by atoms with Crippen molar-refractivity contribution in [3.63, 3.8) is 0 Å². The predicted molar refractivity (Wildman–Crippen MR) is 64.8 cm³/mol. The van der Waals surface area contributed by atoms with E-state index in [0.717, 1.165) is 0 Å². The molecular formula is C12H13FN2O3. The highest BCUT2D eigenvalue weighted by Crippen LogP contribution is 2.08. The van der Waals surface area contributed by atoms with Crippen LogP contribution in [0.1, 0.15) is 13.3 Å². The standard InChI is InChI=1S/C12H13FN2O3/c1-2-6-18-12(17)11(8-16)15-14-10-5-3-4-9(13)7-10/h3-5,7-8,14H,2,6H2,1H3/b15-11+. The number of nitrogens with one attached hydrogen (secondary N) is 1. The number of benzene rings is 1. The number of hydrogen-bond donors (Lipinski definition) is 1. The molecule has 0 saturated carbocycles. The Labute approximate surface area is 104 Å². The average Bonchev–Trinajstić information content (AvgIpc) is 2.37. The van der Waals surface area contributed by atoms with Crippen LogP contribution in [0.25, 0.3) is 0 Å². The molecule has 0 aliphatic carbocycles. The maximum Gasteiger partial charge on any atom is 0.362 e. The molecule has 0 aliphatic rings. The lowest BCUT2D eigenvalue weighted by Gasteiger charge is -2.03. The third-order valence-corrected chi connectivity index (χ3v) is 1.89. The first-order valence-corrected chi connectivity index (χ1v) is 5.39. The van der Waals surface area contributed by atoms with Gasteiger partial charge in [-0.25, -0.2) is 9.18 Å². The van der Waals surface area contributed by atoms with E-state index >= 15 is 0 Å². The van der Waals surface area contributed by atoms with Gasteiger partial charge in [0.2, 0.25) is 5.71 Å². The quantitative estimate of drug-likeness (QED) is 0.275. The molecule has 18 heavy (non-hydrogen) atoms. The fourth-order valence-electron chi connectivity index (χ4n) is 1.07. The summed E-state index contributed by atoms with van der Waals surface area (Å²) in [5.41, 5.74) is 2.35. The van der Waals surface area contributed by atoms with Gasteiger partial charge in [-0.05, 0) is 24.6 Å². The zero-order chi connectivity index (χ0) is 13.4. The van der Waals surface area contributed by atoms with Gasteiger partial charge >= 0.3 is 5.97 Å². The molecule has 6 heteroatoms. The molecule has 0 amide bonds. The van der Waals surface area contributed by atoms with E-state index in [1.807, 2.05) is 6.92 Å². The Morgan fingerprint density at radius 3 is 2.94 bits per heavy atom. The summed E-state index contributed by atoms with van der Waals surface area (Å²) in [7, 11) is 0. The summed E-state index contributed by atoms with van der Waals surface area (Å²) in [5, 5.41) is 3.56. The van der Waals surface area contributed by atoms with Gasteiger partial charge in [0, 0.05) is 0 Å². The topological polar surface area (TPSA) is 67.8 Å². The van der Waals surface area contributed by atoms with Gasteiger partial charge in [0.1, 0.15) is 5.82 Å². The second-order valence-electron chi connectivity index (χ2n) is 3.37. The monoisotopic (exact) mass is 252 g/mol. The minimum Gasteiger partial charge on any atom is -0.461 e. The number of anilines is 1. The maximum atomic E-state index is 12.8. The molecular weight excluding hydrogens is 239 g/mol. The van der Waals surface area contributed by atoms with Crippen molar-refractivity contribution < 1.29 is 18.7 Å². The van der Waals surface area contributed by atoms with Crippen molar-refractivity contribution in [1.82, 2.24) is 0 Å². The van der Waals surface area contributed by atoms with Gasteiger partial charge in [-0.1, -0.05) is 13.0 Å². The van der Waals surface area contributed by atoms with Crippen LogP contribution in [0.2, 0.25) is 0 Å². The van der Waals surface area contributed by atoms with Crippen LogP contribution in [0, 0.1) is 5.82 Å². The summed E-state index contributed by atoms with van der Waals surface area (Å²) in [6.07, 6.45) is 0.930. The van der Waals surface area contributed by atoms with Crippen molar-refractivity contribution >= 4 is 23.7 Å². The van der Waals surface area contributed by atoms with E-state index in [1.165, 1.54) is 18.2 Å². The number of hydrogen-bond acceptors (Lipinski definition) is 5. The predicted octanol–water partition coefficient (Wildman–Crippen LogP) is 1.75. The Balaban J connectivity index is 2.68. The number of halogens is 1. The van der Waals surface area contributed by atoms with Gasteiger partial charge in [0.25, 0.3) is 0 Å². The number of rotatable bonds is 6. The van der Waals surface area contributed by atoms with E-state index in [1.54, 1.807) is 6.07 Å². The van der Waals surface area contributed by atoms with Crippen molar-refractivity contribution in [1.29, 1.82) is 0 Å². The van der Waals surface area contributed by atoms with Crippen LogP contribution in [0.15, 0.2) is 29.4 Å². The van der Waals surface area contributed by atoms with E-state index in [-0.39, 0.29) is 12.9 Å². The van der Waals surface area contributed by atoms with E-state index in [0.29, 0.717) is 12.1 Å². The van der Waals surface area contributed by atoms with Crippen LogP contribution in [0.5, 0.6) is 0 Å². The van der Waals surface area contributed by atoms with Crippen molar-refractivity contribution in [2.45, 2.75) is 13.3 Å². The Kier molecular flexibility index (Phi) is 5.50. The number of carbonyl (C=O) groups excluding carboxylic acids is 2. The van der Waals surface area contributed by atoms with Crippen molar-refractivity contribution in [3.8, 4) is 0 Å². The molecule has 0 bridgehead atoms. The molecule has 0 saturated heterocycles. The molecule has 96 valence electrons. The van der Waals surface area contributed by atoms with Crippen molar-refractivity contribution in [2.24, 2.45) is 5.10 Å². The fourth-order valence-corrected chi connectivity index (χ4v) is 1.07. The molecule has 0 aliphatic heterocycles. The molecule has 1 aromatic rings. The zero-order valence-electron chi connectivity index (χ0n) is 9.85. The molecule has 0 radical (unpaired) electrons. The van der Waals surface area contributed by atoms with Crippen molar-refractivity contribution in [2.75, 3.05) is 12.0 Å². The van der Waals surface area contributed by atoms with Crippen LogP contribution in [0.4, 0.5) is 10.1 Å². The molecule has 0 spiro atoms. The van der Waals surface area contributed by atoms with Gasteiger partial charge in [-0.15, -0.1) is 0 Å². The highest BCUT2D eigenvalue weighted by molar-refractivity contribution is 6.58. The zero-order valence-corrected chi connectivity index (χ0v) is 9.85. The normalized spacial score (nSPS) is 10.9. The molecule has 5 nitrogen and oxygen atoms in total. The van der Waals surface area contributed by atoms with E-state index in [2.05, 4.69) is 10.5 Å². The summed E-state index contributed by atoms with van der Waals surface area (Å²) in [5.74, 6) is -1.26. The number of aldehydes is 1. The number of esters is 1. The van der Waals surface area contributed by atoms with Crippen molar-refractivity contribution in [3.05, 3.63) is 30.1 Å². The molecule has 1 aromatic carbocycles.